The van der Waals surface area contributed by atoms with Gasteiger partial charge in [0.2, 0.25) is 0 Å². The van der Waals surface area contributed by atoms with E-state index in [1.165, 1.54) is 0 Å². The molecule has 1 fully saturated rings. The Balaban J connectivity index is 2.19. The first-order chi connectivity index (χ1) is 11.0. The lowest BCUT2D eigenvalue weighted by Gasteiger charge is -2.34. The van der Waals surface area contributed by atoms with Crippen LogP contribution in [-0.4, -0.2) is 30.1 Å². The van der Waals surface area contributed by atoms with Gasteiger partial charge in [-0.1, -0.05) is 37.8 Å². The van der Waals surface area contributed by atoms with Crippen molar-refractivity contribution in [3.63, 3.8) is 0 Å². The van der Waals surface area contributed by atoms with Crippen molar-refractivity contribution in [2.45, 2.75) is 19.9 Å². The van der Waals surface area contributed by atoms with Crippen molar-refractivity contribution in [2.75, 3.05) is 18.1 Å². The molecule has 0 spiro atoms. The van der Waals surface area contributed by atoms with Crippen LogP contribution in [0.2, 0.25) is 0 Å². The molecule has 0 saturated carbocycles. The van der Waals surface area contributed by atoms with E-state index in [4.69, 9.17) is 4.74 Å². The predicted molar refractivity (Wildman–Crippen MR) is 92.2 cm³/mol. The summed E-state index contributed by atoms with van der Waals surface area (Å²) in [7, 11) is 0. The van der Waals surface area contributed by atoms with Crippen molar-refractivity contribution >= 4 is 23.8 Å². The summed E-state index contributed by atoms with van der Waals surface area (Å²) in [6.45, 7) is 8.21. The van der Waals surface area contributed by atoms with Crippen molar-refractivity contribution in [1.29, 1.82) is 0 Å². The van der Waals surface area contributed by atoms with E-state index in [1.807, 2.05) is 31.2 Å². The van der Waals surface area contributed by atoms with Crippen LogP contribution in [0.4, 0.5) is 4.79 Å². The van der Waals surface area contributed by atoms with E-state index < -0.39 is 12.0 Å². The summed E-state index contributed by atoms with van der Waals surface area (Å²) in [5.41, 5.74) is 2.27. The third kappa shape index (κ3) is 4.28. The summed E-state index contributed by atoms with van der Waals surface area (Å²) >= 11 is 1.71. The number of carbonyl (C=O) groups excluding carboxylic acids is 2. The van der Waals surface area contributed by atoms with Gasteiger partial charge in [-0.3, -0.25) is 4.79 Å². The largest absolute Gasteiger partial charge is 0.464 e. The first-order valence-electron chi connectivity index (χ1n) is 7.60. The summed E-state index contributed by atoms with van der Waals surface area (Å²) in [5.74, 6) is 0.737. The molecule has 0 radical (unpaired) electrons. The highest BCUT2D eigenvalue weighted by atomic mass is 32.2. The molecule has 2 rings (SSSR count). The first-order valence-corrected chi connectivity index (χ1v) is 8.76. The number of hydrogen-bond acceptors (Lipinski definition) is 4. The Labute approximate surface area is 140 Å². The smallest absolute Gasteiger partial charge is 0.319 e. The number of ether oxygens (including phenoxy) is 1. The number of thioether (sulfide) groups is 1. The Hall–Kier alpha value is -1.95. The van der Waals surface area contributed by atoms with E-state index in [2.05, 4.69) is 24.1 Å². The van der Waals surface area contributed by atoms with Crippen molar-refractivity contribution in [1.82, 2.24) is 10.6 Å². The van der Waals surface area contributed by atoms with Gasteiger partial charge in [0.1, 0.15) is 12.5 Å². The molecule has 124 valence electrons. The SMILES string of the molecule is C=C1NC(=O)N[C@@H](c2ccccc2C)[C@@H]1C(=O)OCCSCC. The number of benzene rings is 1. The monoisotopic (exact) mass is 334 g/mol. The highest BCUT2D eigenvalue weighted by Crippen LogP contribution is 2.32. The Bertz CT molecular complexity index is 603. The van der Waals surface area contributed by atoms with Crippen LogP contribution in [0.5, 0.6) is 0 Å². The zero-order valence-electron chi connectivity index (χ0n) is 13.4. The van der Waals surface area contributed by atoms with Crippen LogP contribution in [0.3, 0.4) is 0 Å². The number of aryl methyl sites for hydroxylation is 1. The van der Waals surface area contributed by atoms with Crippen LogP contribution < -0.4 is 10.6 Å². The zero-order chi connectivity index (χ0) is 16.8. The highest BCUT2D eigenvalue weighted by molar-refractivity contribution is 7.99. The minimum absolute atomic E-state index is 0.353. The number of carbonyl (C=O) groups is 2. The summed E-state index contributed by atoms with van der Waals surface area (Å²) in [6, 6.07) is 6.85. The van der Waals surface area contributed by atoms with E-state index in [9.17, 15) is 9.59 Å². The molecular formula is C17H22N2O3S. The third-order valence-electron chi connectivity index (χ3n) is 3.72. The number of hydrogen-bond donors (Lipinski definition) is 2. The molecule has 0 bridgehead atoms. The van der Waals surface area contributed by atoms with Gasteiger partial charge in [0, 0.05) is 11.4 Å². The molecule has 1 aromatic rings. The van der Waals surface area contributed by atoms with Crippen LogP contribution in [0.15, 0.2) is 36.5 Å². The second-order valence-corrected chi connectivity index (χ2v) is 6.69. The average molecular weight is 334 g/mol. The minimum Gasteiger partial charge on any atom is -0.464 e. The highest BCUT2D eigenvalue weighted by Gasteiger charge is 2.39. The normalized spacial score (nSPS) is 20.6. The number of nitrogens with one attached hydrogen (secondary N) is 2. The standard InChI is InChI=1S/C17H22N2O3S/c1-4-23-10-9-22-16(20)14-12(3)18-17(21)19-15(14)13-8-6-5-7-11(13)2/h5-8,14-15H,3-4,9-10H2,1-2H3,(H2,18,19,21)/t14-,15+/m1/s1. The molecule has 0 aliphatic carbocycles. The topological polar surface area (TPSA) is 67.4 Å². The molecule has 5 nitrogen and oxygen atoms in total. The van der Waals surface area contributed by atoms with Gasteiger partial charge in [0.15, 0.2) is 0 Å². The van der Waals surface area contributed by atoms with E-state index in [1.54, 1.807) is 11.8 Å². The number of esters is 1. The fraction of sp³-hybridized carbons (Fsp3) is 0.412. The van der Waals surface area contributed by atoms with Gasteiger partial charge in [-0.15, -0.1) is 0 Å². The molecular weight excluding hydrogens is 312 g/mol. The lowest BCUT2D eigenvalue weighted by atomic mass is 9.87. The Morgan fingerprint density at radius 1 is 1.39 bits per heavy atom. The van der Waals surface area contributed by atoms with Gasteiger partial charge in [-0.25, -0.2) is 4.79 Å². The number of urea groups is 1. The van der Waals surface area contributed by atoms with Crippen molar-refractivity contribution in [2.24, 2.45) is 5.92 Å². The Kier molecular flexibility index (Phi) is 6.10. The van der Waals surface area contributed by atoms with Crippen molar-refractivity contribution in [3.8, 4) is 0 Å². The molecule has 0 aromatic heterocycles. The van der Waals surface area contributed by atoms with Gasteiger partial charge < -0.3 is 15.4 Å². The maximum absolute atomic E-state index is 12.5. The number of rotatable bonds is 6. The molecule has 2 atom stereocenters. The fourth-order valence-electron chi connectivity index (χ4n) is 2.59. The molecule has 1 heterocycles. The van der Waals surface area contributed by atoms with Crippen molar-refractivity contribution < 1.29 is 14.3 Å². The summed E-state index contributed by atoms with van der Waals surface area (Å²) in [6.07, 6.45) is 0. The van der Waals surface area contributed by atoms with E-state index in [0.717, 1.165) is 22.6 Å². The molecule has 6 heteroatoms. The second-order valence-electron chi connectivity index (χ2n) is 5.30. The zero-order valence-corrected chi connectivity index (χ0v) is 14.2. The third-order valence-corrected chi connectivity index (χ3v) is 4.59. The lowest BCUT2D eigenvalue weighted by molar-refractivity contribution is -0.147. The lowest BCUT2D eigenvalue weighted by Crippen LogP contribution is -2.51. The number of amides is 2. The average Bonchev–Trinajstić information content (AvgIpc) is 2.51. The predicted octanol–water partition coefficient (Wildman–Crippen LogP) is 2.78. The van der Waals surface area contributed by atoms with Crippen LogP contribution in [0.25, 0.3) is 0 Å². The molecule has 2 N–H and O–H groups in total. The summed E-state index contributed by atoms with van der Waals surface area (Å²) in [5, 5.41) is 5.40. The van der Waals surface area contributed by atoms with Crippen LogP contribution >= 0.6 is 11.8 Å². The molecule has 1 saturated heterocycles. The first kappa shape index (κ1) is 17.4. The molecule has 2 amide bonds. The van der Waals surface area contributed by atoms with Gasteiger partial charge in [-0.05, 0) is 23.8 Å². The van der Waals surface area contributed by atoms with E-state index in [-0.39, 0.29) is 12.0 Å². The van der Waals surface area contributed by atoms with Crippen LogP contribution in [0.1, 0.15) is 24.1 Å². The summed E-state index contributed by atoms with van der Waals surface area (Å²) < 4.78 is 5.37. The van der Waals surface area contributed by atoms with Crippen LogP contribution in [0, 0.1) is 12.8 Å². The molecule has 1 aromatic carbocycles. The van der Waals surface area contributed by atoms with Gasteiger partial charge >= 0.3 is 12.0 Å². The van der Waals surface area contributed by atoms with E-state index >= 15 is 0 Å². The maximum atomic E-state index is 12.5. The molecule has 23 heavy (non-hydrogen) atoms. The van der Waals surface area contributed by atoms with Gasteiger partial charge in [-0.2, -0.15) is 11.8 Å². The van der Waals surface area contributed by atoms with E-state index in [0.29, 0.717) is 12.3 Å². The molecule has 1 aliphatic rings. The summed E-state index contributed by atoms with van der Waals surface area (Å²) in [4.78, 5) is 24.3. The van der Waals surface area contributed by atoms with Crippen LogP contribution in [-0.2, 0) is 9.53 Å². The fourth-order valence-corrected chi connectivity index (χ4v) is 3.08. The Morgan fingerprint density at radius 2 is 2.13 bits per heavy atom. The maximum Gasteiger partial charge on any atom is 0.319 e. The minimum atomic E-state index is -0.638. The quantitative estimate of drug-likeness (QED) is 0.620. The van der Waals surface area contributed by atoms with Crippen molar-refractivity contribution in [3.05, 3.63) is 47.7 Å². The Morgan fingerprint density at radius 3 is 2.83 bits per heavy atom. The van der Waals surface area contributed by atoms with Gasteiger partial charge in [0.25, 0.3) is 0 Å². The molecule has 1 aliphatic heterocycles. The van der Waals surface area contributed by atoms with Gasteiger partial charge in [0.05, 0.1) is 6.04 Å². The second kappa shape index (κ2) is 8.06. The molecule has 0 unspecified atom stereocenters.